The van der Waals surface area contributed by atoms with Crippen molar-refractivity contribution in [3.8, 4) is 5.75 Å². The quantitative estimate of drug-likeness (QED) is 0.678. The fourth-order valence-corrected chi connectivity index (χ4v) is 2.59. The lowest BCUT2D eigenvalue weighted by Crippen LogP contribution is -2.39. The predicted octanol–water partition coefficient (Wildman–Crippen LogP) is 2.04. The van der Waals surface area contributed by atoms with Crippen LogP contribution in [0, 0.1) is 0 Å². The van der Waals surface area contributed by atoms with Crippen LogP contribution in [-0.4, -0.2) is 27.3 Å². The van der Waals surface area contributed by atoms with Gasteiger partial charge in [-0.15, -0.1) is 0 Å². The molecule has 21 heavy (non-hydrogen) atoms. The number of aliphatic hydroxyl groups is 1. The Hall–Kier alpha value is -1.85. The number of phenolic OH excluding ortho intramolecular Hbond substituents is 1. The highest BCUT2D eigenvalue weighted by atomic mass is 16.3. The minimum atomic E-state index is -0.716. The van der Waals surface area contributed by atoms with Crippen molar-refractivity contribution < 1.29 is 10.2 Å². The number of H-pyrrole nitrogens is 1. The number of aromatic nitrogens is 1. The average molecular weight is 289 g/mol. The molecule has 0 aliphatic carbocycles. The SMILES string of the molecule is CC[C@@H](N[11CH](C)C)[C@@H](O)c1ccc(O)c2[nH]c(=O)ccc12. The average Bonchev–Trinajstić information content (AvgIpc) is 2.45. The summed E-state index contributed by atoms with van der Waals surface area (Å²) >= 11 is 0. The number of nitrogens with one attached hydrogen (secondary N) is 2. The van der Waals surface area contributed by atoms with E-state index in [2.05, 4.69) is 10.3 Å². The summed E-state index contributed by atoms with van der Waals surface area (Å²) in [4.78, 5) is 14.0. The molecule has 0 bridgehead atoms. The Morgan fingerprint density at radius 2 is 1.95 bits per heavy atom. The van der Waals surface area contributed by atoms with Crippen LogP contribution in [-0.2, 0) is 0 Å². The first-order chi connectivity index (χ1) is 9.93. The van der Waals surface area contributed by atoms with Gasteiger partial charge in [-0.2, -0.15) is 0 Å². The normalized spacial score (nSPS) is 14.5. The highest BCUT2D eigenvalue weighted by Crippen LogP contribution is 2.30. The molecular weight excluding hydrogens is 267 g/mol. The summed E-state index contributed by atoms with van der Waals surface area (Å²) in [5.74, 6) is 0.00326. The minimum absolute atomic E-state index is 0.00326. The number of phenols is 1. The Morgan fingerprint density at radius 1 is 1.24 bits per heavy atom. The Labute approximate surface area is 123 Å². The van der Waals surface area contributed by atoms with Gasteiger partial charge in [0, 0.05) is 23.5 Å². The Kier molecular flexibility index (Phi) is 4.65. The minimum Gasteiger partial charge on any atom is -0.506 e. The van der Waals surface area contributed by atoms with Crippen LogP contribution < -0.4 is 10.9 Å². The monoisotopic (exact) mass is 289 g/mol. The van der Waals surface area contributed by atoms with Gasteiger partial charge in [0.2, 0.25) is 5.56 Å². The zero-order valence-electron chi connectivity index (χ0n) is 12.6. The van der Waals surface area contributed by atoms with Crippen molar-refractivity contribution in [1.29, 1.82) is 0 Å². The summed E-state index contributed by atoms with van der Waals surface area (Å²) in [6.45, 7) is 6.07. The summed E-state index contributed by atoms with van der Waals surface area (Å²) in [5.41, 5.74) is 0.772. The summed E-state index contributed by atoms with van der Waals surface area (Å²) in [5, 5.41) is 24.5. The van der Waals surface area contributed by atoms with Gasteiger partial charge in [0.1, 0.15) is 5.75 Å². The smallest absolute Gasteiger partial charge is 0.248 e. The van der Waals surface area contributed by atoms with Crippen LogP contribution in [0.1, 0.15) is 38.9 Å². The number of hydrogen-bond acceptors (Lipinski definition) is 4. The number of pyridine rings is 1. The highest BCUT2D eigenvalue weighted by Gasteiger charge is 2.22. The molecule has 0 spiro atoms. The number of rotatable bonds is 5. The Morgan fingerprint density at radius 3 is 2.57 bits per heavy atom. The third-order valence-electron chi connectivity index (χ3n) is 3.59. The molecule has 0 saturated heterocycles. The van der Waals surface area contributed by atoms with E-state index < -0.39 is 6.10 Å². The van der Waals surface area contributed by atoms with Crippen molar-refractivity contribution >= 4 is 10.9 Å². The van der Waals surface area contributed by atoms with Crippen LogP contribution >= 0.6 is 0 Å². The van der Waals surface area contributed by atoms with Crippen LogP contribution in [0.25, 0.3) is 10.9 Å². The van der Waals surface area contributed by atoms with Gasteiger partial charge < -0.3 is 20.5 Å². The van der Waals surface area contributed by atoms with E-state index in [0.29, 0.717) is 16.5 Å². The van der Waals surface area contributed by atoms with Crippen molar-refractivity contribution in [3.05, 3.63) is 40.2 Å². The summed E-state index contributed by atoms with van der Waals surface area (Å²) in [6.07, 6.45) is 0.0526. The van der Waals surface area contributed by atoms with Gasteiger partial charge in [-0.05, 0) is 24.1 Å². The topological polar surface area (TPSA) is 85.3 Å². The van der Waals surface area contributed by atoms with E-state index in [1.807, 2.05) is 20.8 Å². The van der Waals surface area contributed by atoms with Crippen molar-refractivity contribution in [1.82, 2.24) is 10.3 Å². The first kappa shape index (κ1) is 15.5. The zero-order chi connectivity index (χ0) is 15.6. The van der Waals surface area contributed by atoms with Gasteiger partial charge in [0.05, 0.1) is 11.6 Å². The van der Waals surface area contributed by atoms with Crippen LogP contribution in [0.2, 0.25) is 0 Å². The van der Waals surface area contributed by atoms with Crippen molar-refractivity contribution in [2.45, 2.75) is 45.4 Å². The van der Waals surface area contributed by atoms with Crippen molar-refractivity contribution in [2.24, 2.45) is 0 Å². The molecule has 114 valence electrons. The Balaban J connectivity index is 2.50. The largest absolute Gasteiger partial charge is 0.506 e. The second kappa shape index (κ2) is 6.28. The van der Waals surface area contributed by atoms with E-state index in [1.165, 1.54) is 12.1 Å². The molecule has 2 atom stereocenters. The third kappa shape index (κ3) is 3.25. The summed E-state index contributed by atoms with van der Waals surface area (Å²) < 4.78 is 0. The third-order valence-corrected chi connectivity index (χ3v) is 3.59. The predicted molar refractivity (Wildman–Crippen MR) is 83.5 cm³/mol. The lowest BCUT2D eigenvalue weighted by molar-refractivity contribution is 0.123. The molecular formula is C16H22N2O3. The number of hydrogen-bond donors (Lipinski definition) is 4. The van der Waals surface area contributed by atoms with Crippen molar-refractivity contribution in [3.63, 3.8) is 0 Å². The molecule has 0 aliphatic heterocycles. The van der Waals surface area contributed by atoms with E-state index >= 15 is 0 Å². The molecule has 0 aliphatic rings. The lowest BCUT2D eigenvalue weighted by atomic mass is 9.79. The number of aromatic hydroxyl groups is 1. The van der Waals surface area contributed by atoms with Gasteiger partial charge in [0.15, 0.2) is 0 Å². The standard InChI is InChI=1S/C16H22N2O3/c1-4-12(17-9(2)3)16(21)11-5-7-13(19)15-10(11)6-8-14(20)18-15/h5-9,12,16-17,19,21H,4H2,1-3H3,(H,18,20)/t12-,16+/m1/s1/i9-1. The molecule has 1 heterocycles. The number of aromatic amines is 1. The van der Waals surface area contributed by atoms with Gasteiger partial charge in [-0.25, -0.2) is 0 Å². The maximum Gasteiger partial charge on any atom is 0.248 e. The van der Waals surface area contributed by atoms with E-state index in [4.69, 9.17) is 0 Å². The molecule has 2 rings (SSSR count). The molecule has 0 fully saturated rings. The number of aliphatic hydroxyl groups excluding tert-OH is 1. The van der Waals surface area contributed by atoms with Gasteiger partial charge in [-0.1, -0.05) is 26.8 Å². The first-order valence-electron chi connectivity index (χ1n) is 7.23. The molecule has 0 saturated carbocycles. The van der Waals surface area contributed by atoms with Crippen LogP contribution in [0.4, 0.5) is 0 Å². The molecule has 0 amide bonds. The fourth-order valence-electron chi connectivity index (χ4n) is 2.59. The van der Waals surface area contributed by atoms with E-state index in [9.17, 15) is 15.0 Å². The van der Waals surface area contributed by atoms with Gasteiger partial charge >= 0.3 is 0 Å². The molecule has 1 aromatic carbocycles. The van der Waals surface area contributed by atoms with Crippen molar-refractivity contribution in [2.75, 3.05) is 0 Å². The molecule has 0 unspecified atom stereocenters. The van der Waals surface area contributed by atoms with Crippen LogP contribution in [0.15, 0.2) is 29.1 Å². The summed E-state index contributed by atoms with van der Waals surface area (Å²) in [6, 6.07) is 6.39. The second-order valence-corrected chi connectivity index (χ2v) is 5.57. The maximum atomic E-state index is 11.4. The van der Waals surface area contributed by atoms with E-state index in [1.54, 1.807) is 12.1 Å². The zero-order valence-corrected chi connectivity index (χ0v) is 12.6. The van der Waals surface area contributed by atoms with Gasteiger partial charge in [0.25, 0.3) is 0 Å². The number of fused-ring (bicyclic) bond motifs is 1. The van der Waals surface area contributed by atoms with E-state index in [0.717, 1.165) is 6.42 Å². The molecule has 0 radical (unpaired) electrons. The highest BCUT2D eigenvalue weighted by molar-refractivity contribution is 5.87. The second-order valence-electron chi connectivity index (χ2n) is 5.57. The maximum absolute atomic E-state index is 11.4. The number of benzene rings is 1. The molecule has 2 aromatic rings. The van der Waals surface area contributed by atoms with Crippen LogP contribution in [0.3, 0.4) is 0 Å². The summed E-state index contributed by atoms with van der Waals surface area (Å²) in [7, 11) is 0. The van der Waals surface area contributed by atoms with E-state index in [-0.39, 0.29) is 23.4 Å². The Bertz CT molecular complexity index is 679. The molecule has 1 aromatic heterocycles. The van der Waals surface area contributed by atoms with Crippen LogP contribution in [0.5, 0.6) is 5.75 Å². The van der Waals surface area contributed by atoms with Gasteiger partial charge in [-0.3, -0.25) is 4.79 Å². The lowest BCUT2D eigenvalue weighted by Gasteiger charge is -2.26. The molecule has 5 nitrogen and oxygen atoms in total. The molecule has 4 N–H and O–H groups in total. The first-order valence-corrected chi connectivity index (χ1v) is 7.23. The fraction of sp³-hybridized carbons (Fsp3) is 0.438. The molecule has 5 heteroatoms.